The number of fused-ring (bicyclic) bond motifs is 1. The maximum absolute atomic E-state index is 10.9. The monoisotopic (exact) mass is 293 g/mol. The van der Waals surface area contributed by atoms with Gasteiger partial charge in [0.05, 0.1) is 27.6 Å². The summed E-state index contributed by atoms with van der Waals surface area (Å²) in [7, 11) is 3.67. The molecule has 0 aliphatic carbocycles. The van der Waals surface area contributed by atoms with Crippen molar-refractivity contribution in [3.63, 3.8) is 0 Å². The minimum absolute atomic E-state index is 0.0159. The quantitative estimate of drug-likeness (QED) is 0.477. The number of benzene rings is 1. The molecule has 1 aromatic carbocycles. The number of nitro groups is 1. The maximum atomic E-state index is 10.9. The molecule has 0 saturated carbocycles. The summed E-state index contributed by atoms with van der Waals surface area (Å²) in [5.41, 5.74) is 1.90. The minimum atomic E-state index is -0.415. The number of non-ortho nitro benzene ring substituents is 1. The lowest BCUT2D eigenvalue weighted by Crippen LogP contribution is -2.03. The molecule has 2 heterocycles. The summed E-state index contributed by atoms with van der Waals surface area (Å²) < 4.78 is 0. The molecule has 1 fully saturated rings. The lowest BCUT2D eigenvalue weighted by Gasteiger charge is -2.19. The Morgan fingerprint density at radius 3 is 3.05 bits per heavy atom. The van der Waals surface area contributed by atoms with Crippen molar-refractivity contribution in [3.05, 3.63) is 40.2 Å². The molecule has 1 unspecified atom stereocenters. The molecule has 19 heavy (non-hydrogen) atoms. The molecule has 3 rings (SSSR count). The fraction of sp³-hybridized carbons (Fsp3) is 0.333. The van der Waals surface area contributed by atoms with E-state index in [2.05, 4.69) is 9.97 Å². The number of hydrogen-bond donors (Lipinski definition) is 0. The Labute approximate surface area is 117 Å². The lowest BCUT2D eigenvalue weighted by molar-refractivity contribution is -0.383. The molecule has 0 N–H and O–H groups in total. The zero-order valence-corrected chi connectivity index (χ0v) is 11.6. The second-order valence-corrected chi connectivity index (χ2v) is 6.94. The van der Waals surface area contributed by atoms with Gasteiger partial charge in [-0.2, -0.15) is 0 Å². The van der Waals surface area contributed by atoms with E-state index < -0.39 is 4.92 Å². The Bertz CT molecular complexity index is 629. The first-order valence-electron chi connectivity index (χ1n) is 5.94. The maximum Gasteiger partial charge on any atom is 0.297 e. The number of rotatable bonds is 2. The first-order chi connectivity index (χ1) is 9.25. The van der Waals surface area contributed by atoms with Crippen molar-refractivity contribution in [2.24, 2.45) is 0 Å². The topological polar surface area (TPSA) is 68.9 Å². The highest BCUT2D eigenvalue weighted by atomic mass is 33.1. The molecule has 1 aromatic heterocycles. The van der Waals surface area contributed by atoms with Crippen LogP contribution in [0.15, 0.2) is 24.4 Å². The van der Waals surface area contributed by atoms with Crippen LogP contribution in [0.25, 0.3) is 11.0 Å². The molecular formula is C12H11N3O2S2. The Hall–Kier alpha value is -1.34. The second kappa shape index (κ2) is 5.34. The molecule has 98 valence electrons. The molecule has 0 spiro atoms. The molecule has 0 radical (unpaired) electrons. The van der Waals surface area contributed by atoms with E-state index in [1.165, 1.54) is 18.2 Å². The van der Waals surface area contributed by atoms with Gasteiger partial charge in [0, 0.05) is 11.8 Å². The van der Waals surface area contributed by atoms with Gasteiger partial charge in [-0.05, 0) is 18.9 Å². The van der Waals surface area contributed by atoms with Gasteiger partial charge < -0.3 is 0 Å². The van der Waals surface area contributed by atoms with E-state index in [-0.39, 0.29) is 5.69 Å². The van der Waals surface area contributed by atoms with E-state index in [4.69, 9.17) is 0 Å². The van der Waals surface area contributed by atoms with Crippen molar-refractivity contribution in [2.75, 3.05) is 5.75 Å². The van der Waals surface area contributed by atoms with E-state index in [0.29, 0.717) is 16.3 Å². The SMILES string of the molecule is O=[N+]([O-])c1cccc2nc(C3CCCSS3)cnc12. The van der Waals surface area contributed by atoms with E-state index >= 15 is 0 Å². The van der Waals surface area contributed by atoms with Gasteiger partial charge in [0.15, 0.2) is 5.52 Å². The largest absolute Gasteiger partial charge is 0.297 e. The first kappa shape index (κ1) is 12.7. The van der Waals surface area contributed by atoms with Crippen molar-refractivity contribution in [1.29, 1.82) is 0 Å². The van der Waals surface area contributed by atoms with Crippen LogP contribution >= 0.6 is 21.6 Å². The Morgan fingerprint density at radius 1 is 1.42 bits per heavy atom. The van der Waals surface area contributed by atoms with Crippen LogP contribution in [0.5, 0.6) is 0 Å². The summed E-state index contributed by atoms with van der Waals surface area (Å²) in [6.07, 6.45) is 3.95. The second-order valence-electron chi connectivity index (χ2n) is 4.25. The number of nitrogens with zero attached hydrogens (tertiary/aromatic N) is 3. The average Bonchev–Trinajstić information content (AvgIpc) is 2.47. The summed E-state index contributed by atoms with van der Waals surface area (Å²) in [5, 5.41) is 11.3. The molecule has 1 atom stereocenters. The van der Waals surface area contributed by atoms with E-state index in [9.17, 15) is 10.1 Å². The standard InChI is InChI=1S/C12H11N3O2S2/c16-15(17)10-4-1-3-8-12(10)13-7-9(14-8)11-5-2-6-18-19-11/h1,3-4,7,11H,2,5-6H2. The van der Waals surface area contributed by atoms with Crippen molar-refractivity contribution < 1.29 is 4.92 Å². The van der Waals surface area contributed by atoms with Crippen molar-refractivity contribution in [3.8, 4) is 0 Å². The van der Waals surface area contributed by atoms with Crippen LogP contribution in [0.4, 0.5) is 5.69 Å². The van der Waals surface area contributed by atoms with Gasteiger partial charge in [-0.25, -0.2) is 9.97 Å². The van der Waals surface area contributed by atoms with Crippen LogP contribution < -0.4 is 0 Å². The fourth-order valence-electron chi connectivity index (χ4n) is 2.05. The minimum Gasteiger partial charge on any atom is -0.258 e. The number of hydrogen-bond acceptors (Lipinski definition) is 6. The van der Waals surface area contributed by atoms with Gasteiger partial charge in [0.2, 0.25) is 0 Å². The predicted octanol–water partition coefficient (Wildman–Crippen LogP) is 3.75. The zero-order valence-electron chi connectivity index (χ0n) is 9.98. The summed E-state index contributed by atoms with van der Waals surface area (Å²) in [6, 6.07) is 4.89. The summed E-state index contributed by atoms with van der Waals surface area (Å²) in [5.74, 6) is 1.17. The van der Waals surface area contributed by atoms with Gasteiger partial charge in [-0.3, -0.25) is 10.1 Å². The molecule has 1 saturated heterocycles. The van der Waals surface area contributed by atoms with Crippen LogP contribution in [0.3, 0.4) is 0 Å². The van der Waals surface area contributed by atoms with E-state index in [1.807, 2.05) is 21.6 Å². The molecule has 0 amide bonds. The molecule has 2 aromatic rings. The highest BCUT2D eigenvalue weighted by Gasteiger charge is 2.20. The van der Waals surface area contributed by atoms with Crippen LogP contribution in [0.1, 0.15) is 23.8 Å². The molecule has 1 aliphatic rings. The fourth-order valence-corrected chi connectivity index (χ4v) is 4.79. The summed E-state index contributed by atoms with van der Waals surface area (Å²) >= 11 is 0. The molecule has 7 heteroatoms. The number of nitro benzene ring substituents is 1. The molecule has 0 bridgehead atoms. The third kappa shape index (κ3) is 2.52. The highest BCUT2D eigenvalue weighted by molar-refractivity contribution is 8.76. The summed E-state index contributed by atoms with van der Waals surface area (Å²) in [6.45, 7) is 0. The normalized spacial score (nSPS) is 19.5. The van der Waals surface area contributed by atoms with Crippen LogP contribution in [-0.4, -0.2) is 20.6 Å². The Kier molecular flexibility index (Phi) is 3.56. The first-order valence-corrected chi connectivity index (χ1v) is 8.32. The van der Waals surface area contributed by atoms with Gasteiger partial charge in [0.25, 0.3) is 5.69 Å². The van der Waals surface area contributed by atoms with Crippen molar-refractivity contribution >= 4 is 38.3 Å². The molecule has 1 aliphatic heterocycles. The zero-order chi connectivity index (χ0) is 13.2. The number of para-hydroxylation sites is 1. The highest BCUT2D eigenvalue weighted by Crippen LogP contribution is 2.45. The lowest BCUT2D eigenvalue weighted by atomic mass is 10.2. The Balaban J connectivity index is 2.04. The van der Waals surface area contributed by atoms with E-state index in [0.717, 1.165) is 12.1 Å². The van der Waals surface area contributed by atoms with Crippen LogP contribution in [0.2, 0.25) is 0 Å². The van der Waals surface area contributed by atoms with Gasteiger partial charge in [-0.1, -0.05) is 27.7 Å². The summed E-state index contributed by atoms with van der Waals surface area (Å²) in [4.78, 5) is 19.3. The molecular weight excluding hydrogens is 282 g/mol. The smallest absolute Gasteiger partial charge is 0.258 e. The third-order valence-corrected chi connectivity index (χ3v) is 5.88. The Morgan fingerprint density at radius 2 is 2.32 bits per heavy atom. The predicted molar refractivity (Wildman–Crippen MR) is 78.2 cm³/mol. The van der Waals surface area contributed by atoms with Gasteiger partial charge in [-0.15, -0.1) is 0 Å². The van der Waals surface area contributed by atoms with Gasteiger partial charge in [0.1, 0.15) is 0 Å². The van der Waals surface area contributed by atoms with Crippen LogP contribution in [0, 0.1) is 10.1 Å². The van der Waals surface area contributed by atoms with Crippen LogP contribution in [-0.2, 0) is 0 Å². The third-order valence-electron chi connectivity index (χ3n) is 2.97. The van der Waals surface area contributed by atoms with Crippen molar-refractivity contribution in [2.45, 2.75) is 18.1 Å². The van der Waals surface area contributed by atoms with E-state index in [1.54, 1.807) is 18.3 Å². The average molecular weight is 293 g/mol. The van der Waals surface area contributed by atoms with Gasteiger partial charge >= 0.3 is 0 Å². The molecule has 5 nitrogen and oxygen atoms in total. The number of aromatic nitrogens is 2. The van der Waals surface area contributed by atoms with Crippen molar-refractivity contribution in [1.82, 2.24) is 9.97 Å².